The largest absolute Gasteiger partial charge is 0.393 e. The van der Waals surface area contributed by atoms with Gasteiger partial charge in [0.15, 0.2) is 0 Å². The second kappa shape index (κ2) is 8.98. The topological polar surface area (TPSA) is 67.6 Å². The third-order valence-corrected chi connectivity index (χ3v) is 5.13. The van der Waals surface area contributed by atoms with Crippen molar-refractivity contribution in [3.8, 4) is 6.07 Å². The van der Waals surface area contributed by atoms with E-state index in [-0.39, 0.29) is 17.9 Å². The van der Waals surface area contributed by atoms with Gasteiger partial charge in [0.1, 0.15) is 0 Å². The van der Waals surface area contributed by atoms with Crippen LogP contribution in [-0.2, 0) is 4.79 Å². The maximum atomic E-state index is 12.9. The van der Waals surface area contributed by atoms with Crippen LogP contribution in [0.1, 0.15) is 37.3 Å². The van der Waals surface area contributed by atoms with Gasteiger partial charge < -0.3 is 10.0 Å². The number of nitriles is 1. The molecule has 0 aromatic heterocycles. The molecule has 1 N–H and O–H groups in total. The molecule has 5 nitrogen and oxygen atoms in total. The molecule has 2 unspecified atom stereocenters. The highest BCUT2D eigenvalue weighted by atomic mass is 16.3. The molecule has 1 aromatic carbocycles. The quantitative estimate of drug-likeness (QED) is 0.862. The third-order valence-electron chi connectivity index (χ3n) is 5.13. The van der Waals surface area contributed by atoms with E-state index in [1.54, 1.807) is 4.90 Å². The average Bonchev–Trinajstić information content (AvgIpc) is 2.58. The van der Waals surface area contributed by atoms with Crippen molar-refractivity contribution in [2.24, 2.45) is 5.92 Å². The summed E-state index contributed by atoms with van der Waals surface area (Å²) < 4.78 is 0. The Labute approximate surface area is 150 Å². The van der Waals surface area contributed by atoms with Crippen molar-refractivity contribution in [1.29, 1.82) is 5.26 Å². The number of aryl methyl sites for hydroxylation is 2. The van der Waals surface area contributed by atoms with Gasteiger partial charge in [0.05, 0.1) is 25.1 Å². The summed E-state index contributed by atoms with van der Waals surface area (Å²) in [6, 6.07) is 8.11. The molecule has 2 rings (SSSR count). The first-order valence-electron chi connectivity index (χ1n) is 9.07. The van der Waals surface area contributed by atoms with E-state index >= 15 is 0 Å². The Balaban J connectivity index is 2.10. The molecule has 0 bridgehead atoms. The zero-order chi connectivity index (χ0) is 18.4. The van der Waals surface area contributed by atoms with Gasteiger partial charge in [-0.25, -0.2) is 0 Å². The average molecular weight is 343 g/mol. The lowest BCUT2D eigenvalue weighted by Gasteiger charge is -2.35. The van der Waals surface area contributed by atoms with Crippen LogP contribution in [0.25, 0.3) is 0 Å². The van der Waals surface area contributed by atoms with Gasteiger partial charge in [-0.1, -0.05) is 6.07 Å². The van der Waals surface area contributed by atoms with Crippen molar-refractivity contribution >= 4 is 11.6 Å². The molecule has 1 heterocycles. The number of carbonyl (C=O) groups excluding carboxylic acids is 1. The molecule has 0 saturated carbocycles. The van der Waals surface area contributed by atoms with Gasteiger partial charge in [-0.3, -0.25) is 9.69 Å². The fourth-order valence-corrected chi connectivity index (χ4v) is 3.36. The number of benzene rings is 1. The highest BCUT2D eigenvalue weighted by Crippen LogP contribution is 2.22. The third kappa shape index (κ3) is 5.29. The van der Waals surface area contributed by atoms with Crippen LogP contribution in [0, 0.1) is 31.1 Å². The van der Waals surface area contributed by atoms with Gasteiger partial charge in [0.25, 0.3) is 0 Å². The van der Waals surface area contributed by atoms with Crippen molar-refractivity contribution < 1.29 is 9.90 Å². The maximum Gasteiger partial charge on any atom is 0.241 e. The summed E-state index contributed by atoms with van der Waals surface area (Å²) in [7, 11) is 0. The van der Waals surface area contributed by atoms with E-state index < -0.39 is 0 Å². The smallest absolute Gasteiger partial charge is 0.241 e. The molecule has 1 aromatic rings. The minimum Gasteiger partial charge on any atom is -0.393 e. The molecule has 1 fully saturated rings. The maximum absolute atomic E-state index is 12.9. The van der Waals surface area contributed by atoms with Crippen LogP contribution in [0.3, 0.4) is 0 Å². The van der Waals surface area contributed by atoms with Crippen molar-refractivity contribution in [3.63, 3.8) is 0 Å². The van der Waals surface area contributed by atoms with E-state index in [0.717, 1.165) is 37.2 Å². The van der Waals surface area contributed by atoms with Crippen LogP contribution in [0.2, 0.25) is 0 Å². The number of carbonyl (C=O) groups is 1. The van der Waals surface area contributed by atoms with Gasteiger partial charge in [0, 0.05) is 18.8 Å². The summed E-state index contributed by atoms with van der Waals surface area (Å²) in [6.07, 6.45) is 1.99. The van der Waals surface area contributed by atoms with Gasteiger partial charge in [-0.2, -0.15) is 5.26 Å². The molecule has 1 aliphatic rings. The molecule has 0 spiro atoms. The molecule has 2 atom stereocenters. The Morgan fingerprint density at radius 3 is 2.84 bits per heavy atom. The Morgan fingerprint density at radius 1 is 1.44 bits per heavy atom. The highest BCUT2D eigenvalue weighted by molar-refractivity contribution is 5.95. The number of hydrogen-bond acceptors (Lipinski definition) is 4. The molecule has 1 amide bonds. The lowest BCUT2D eigenvalue weighted by molar-refractivity contribution is -0.120. The first-order valence-corrected chi connectivity index (χ1v) is 9.07. The Bertz CT molecular complexity index is 636. The second-order valence-corrected chi connectivity index (χ2v) is 7.10. The number of piperidine rings is 1. The van der Waals surface area contributed by atoms with Gasteiger partial charge >= 0.3 is 0 Å². The van der Waals surface area contributed by atoms with Crippen molar-refractivity contribution in [2.75, 3.05) is 31.1 Å². The zero-order valence-corrected chi connectivity index (χ0v) is 15.5. The van der Waals surface area contributed by atoms with E-state index in [2.05, 4.69) is 11.0 Å². The van der Waals surface area contributed by atoms with Crippen molar-refractivity contribution in [1.82, 2.24) is 4.90 Å². The minimum absolute atomic E-state index is 0.0183. The number of amides is 1. The van der Waals surface area contributed by atoms with Crippen LogP contribution in [0.15, 0.2) is 18.2 Å². The lowest BCUT2D eigenvalue weighted by Crippen LogP contribution is -2.46. The highest BCUT2D eigenvalue weighted by Gasteiger charge is 2.26. The summed E-state index contributed by atoms with van der Waals surface area (Å²) >= 11 is 0. The van der Waals surface area contributed by atoms with E-state index in [1.807, 2.05) is 39.0 Å². The molecular weight excluding hydrogens is 314 g/mol. The van der Waals surface area contributed by atoms with E-state index in [0.29, 0.717) is 19.5 Å². The number of aliphatic hydroxyl groups is 1. The number of likely N-dealkylation sites (tertiary alicyclic amines) is 1. The first kappa shape index (κ1) is 19.4. The Morgan fingerprint density at radius 2 is 2.20 bits per heavy atom. The molecule has 1 saturated heterocycles. The fraction of sp³-hybridized carbons (Fsp3) is 0.600. The predicted molar refractivity (Wildman–Crippen MR) is 99.3 cm³/mol. The SMILES string of the molecule is Cc1ccc(N(CCC#N)C(=O)CN2CCCC(C(C)O)C2)cc1C. The van der Waals surface area contributed by atoms with E-state index in [4.69, 9.17) is 5.26 Å². The number of nitrogens with zero attached hydrogens (tertiary/aromatic N) is 3. The molecule has 5 heteroatoms. The molecular formula is C20H29N3O2. The van der Waals surface area contributed by atoms with Gasteiger partial charge in [-0.15, -0.1) is 0 Å². The van der Waals surface area contributed by atoms with Crippen molar-refractivity contribution in [2.45, 2.75) is 46.1 Å². The molecule has 25 heavy (non-hydrogen) atoms. The number of anilines is 1. The van der Waals surface area contributed by atoms with E-state index in [9.17, 15) is 9.90 Å². The van der Waals surface area contributed by atoms with Gasteiger partial charge in [0.2, 0.25) is 5.91 Å². The van der Waals surface area contributed by atoms with Crippen LogP contribution >= 0.6 is 0 Å². The molecule has 0 radical (unpaired) electrons. The van der Waals surface area contributed by atoms with Crippen LogP contribution < -0.4 is 4.90 Å². The summed E-state index contributed by atoms with van der Waals surface area (Å²) in [5.74, 6) is 0.250. The lowest BCUT2D eigenvalue weighted by atomic mass is 9.93. The Kier molecular flexibility index (Phi) is 6.98. The van der Waals surface area contributed by atoms with Crippen LogP contribution in [0.4, 0.5) is 5.69 Å². The van der Waals surface area contributed by atoms with Crippen LogP contribution in [-0.4, -0.2) is 48.2 Å². The minimum atomic E-state index is -0.340. The molecule has 1 aliphatic heterocycles. The van der Waals surface area contributed by atoms with Crippen molar-refractivity contribution in [3.05, 3.63) is 29.3 Å². The first-order chi connectivity index (χ1) is 11.9. The number of rotatable bonds is 6. The second-order valence-electron chi connectivity index (χ2n) is 7.10. The summed E-state index contributed by atoms with van der Waals surface area (Å²) in [6.45, 7) is 8.28. The standard InChI is InChI=1S/C20H29N3O2/c1-15-7-8-19(12-16(15)2)23(11-5-9-21)20(25)14-22-10-4-6-18(13-22)17(3)24/h7-8,12,17-18,24H,4-6,10-11,13-14H2,1-3H3. The summed E-state index contributed by atoms with van der Waals surface area (Å²) in [4.78, 5) is 16.8. The zero-order valence-electron chi connectivity index (χ0n) is 15.5. The number of hydrogen-bond donors (Lipinski definition) is 1. The fourth-order valence-electron chi connectivity index (χ4n) is 3.36. The van der Waals surface area contributed by atoms with Gasteiger partial charge in [-0.05, 0) is 69.3 Å². The summed E-state index contributed by atoms with van der Waals surface area (Å²) in [5, 5.41) is 18.8. The summed E-state index contributed by atoms with van der Waals surface area (Å²) in [5.41, 5.74) is 3.18. The predicted octanol–water partition coefficient (Wildman–Crippen LogP) is 2.64. The van der Waals surface area contributed by atoms with E-state index in [1.165, 1.54) is 5.56 Å². The normalized spacial score (nSPS) is 19.2. The molecule has 0 aliphatic carbocycles. The molecule has 136 valence electrons. The number of aliphatic hydroxyl groups excluding tert-OH is 1. The Hall–Kier alpha value is -1.90. The monoisotopic (exact) mass is 343 g/mol. The van der Waals surface area contributed by atoms with Crippen LogP contribution in [0.5, 0.6) is 0 Å².